The Morgan fingerprint density at radius 2 is 1.39 bits per heavy atom. The number of hydrogen-bond acceptors (Lipinski definition) is 11. The summed E-state index contributed by atoms with van der Waals surface area (Å²) in [6.45, 7) is -2.32. The molecule has 23 heavy (non-hydrogen) atoms. The van der Waals surface area contributed by atoms with Crippen LogP contribution in [-0.4, -0.2) is 115 Å². The molecule has 0 aromatic rings. The second kappa shape index (κ2) is 7.21. The van der Waals surface area contributed by atoms with Gasteiger partial charge in [0.05, 0.1) is 13.2 Å². The van der Waals surface area contributed by atoms with Crippen LogP contribution in [0.25, 0.3) is 0 Å². The maximum Gasteiger partial charge on any atom is 0.224 e. The van der Waals surface area contributed by atoms with Crippen molar-refractivity contribution >= 4 is 0 Å². The summed E-state index contributed by atoms with van der Waals surface area (Å²) in [4.78, 5) is 0. The van der Waals surface area contributed by atoms with Crippen molar-refractivity contribution in [1.29, 1.82) is 0 Å². The molecule has 0 aromatic heterocycles. The van der Waals surface area contributed by atoms with Crippen LogP contribution in [0.15, 0.2) is 0 Å². The summed E-state index contributed by atoms with van der Waals surface area (Å²) in [6, 6.07) is 0. The van der Waals surface area contributed by atoms with Crippen LogP contribution < -0.4 is 0 Å². The predicted octanol–water partition coefficient (Wildman–Crippen LogP) is -5.40. The molecule has 9 atom stereocenters. The monoisotopic (exact) mass is 342 g/mol. The first kappa shape index (κ1) is 18.9. The van der Waals surface area contributed by atoms with Crippen molar-refractivity contribution in [1.82, 2.24) is 0 Å². The average molecular weight is 342 g/mol. The normalized spacial score (nSPS) is 51.1. The van der Waals surface area contributed by atoms with Crippen molar-refractivity contribution < 1.29 is 55.1 Å². The van der Waals surface area contributed by atoms with Gasteiger partial charge in [-0.3, -0.25) is 0 Å². The quantitative estimate of drug-likeness (QED) is 0.238. The van der Waals surface area contributed by atoms with Crippen LogP contribution in [0.1, 0.15) is 0 Å². The summed E-state index contributed by atoms with van der Waals surface area (Å²) >= 11 is 0. The minimum Gasteiger partial charge on any atom is -0.394 e. The molecule has 0 bridgehead atoms. The Balaban J connectivity index is 2.18. The molecule has 0 amide bonds. The van der Waals surface area contributed by atoms with Gasteiger partial charge >= 0.3 is 0 Å². The third-order valence-corrected chi connectivity index (χ3v) is 4.07. The van der Waals surface area contributed by atoms with E-state index in [1.807, 2.05) is 0 Å². The Morgan fingerprint density at radius 1 is 0.783 bits per heavy atom. The first-order valence-electron chi connectivity index (χ1n) is 7.05. The Hall–Kier alpha value is -0.440. The molecule has 136 valence electrons. The molecule has 0 saturated carbocycles. The molecule has 1 unspecified atom stereocenters. The summed E-state index contributed by atoms with van der Waals surface area (Å²) in [5, 5.41) is 76.7. The second-order valence-electron chi connectivity index (χ2n) is 5.56. The van der Waals surface area contributed by atoms with Gasteiger partial charge in [-0.1, -0.05) is 0 Å². The van der Waals surface area contributed by atoms with Gasteiger partial charge in [-0.25, -0.2) is 0 Å². The lowest BCUT2D eigenvalue weighted by atomic mass is 9.99. The van der Waals surface area contributed by atoms with Gasteiger partial charge in [0.1, 0.15) is 49.3 Å². The van der Waals surface area contributed by atoms with E-state index in [1.54, 1.807) is 0 Å². The number of hydrogen-bond donors (Lipinski definition) is 8. The van der Waals surface area contributed by atoms with Crippen molar-refractivity contribution in [3.05, 3.63) is 0 Å². The fraction of sp³-hybridized carbons (Fsp3) is 1.00. The van der Waals surface area contributed by atoms with Gasteiger partial charge in [-0.2, -0.15) is 0 Å². The smallest absolute Gasteiger partial charge is 0.224 e. The first-order chi connectivity index (χ1) is 10.8. The zero-order chi connectivity index (χ0) is 17.4. The minimum absolute atomic E-state index is 0.669. The summed E-state index contributed by atoms with van der Waals surface area (Å²) in [7, 11) is 0. The highest BCUT2D eigenvalue weighted by Gasteiger charge is 2.58. The summed E-state index contributed by atoms with van der Waals surface area (Å²) in [5.41, 5.74) is 0. The Kier molecular flexibility index (Phi) is 5.92. The zero-order valence-corrected chi connectivity index (χ0v) is 12.0. The molecule has 0 spiro atoms. The van der Waals surface area contributed by atoms with Crippen LogP contribution in [0, 0.1) is 0 Å². The van der Waals surface area contributed by atoms with Gasteiger partial charge in [-0.05, 0) is 0 Å². The van der Waals surface area contributed by atoms with E-state index in [2.05, 4.69) is 0 Å². The van der Waals surface area contributed by atoms with E-state index in [0.29, 0.717) is 0 Å². The number of aliphatic hydroxyl groups is 8. The van der Waals surface area contributed by atoms with Gasteiger partial charge in [0, 0.05) is 0 Å². The highest BCUT2D eigenvalue weighted by molar-refractivity contribution is 4.98. The largest absolute Gasteiger partial charge is 0.394 e. The molecule has 2 rings (SSSR count). The maximum absolute atomic E-state index is 10.00. The SMILES string of the molecule is OCC1O[C@@H](O[C@]2(CO)O[C@H](CO)[C@@H](O)[C@@H]2O)[C@H](O)[C@@H](O)[C@@H]1O. The third-order valence-electron chi connectivity index (χ3n) is 4.07. The van der Waals surface area contributed by atoms with Crippen LogP contribution in [0.5, 0.6) is 0 Å². The standard InChI is InChI=1S/C12H22O11/c13-1-4-6(16)8(18)9(19)11(21-4)23-12(3-15)10(20)7(17)5(2-14)22-12/h4-11,13-20H,1-3H2/t4?,5-,6-,7-,8+,9-,10+,11+,12+/m1/s1. The van der Waals surface area contributed by atoms with Gasteiger partial charge < -0.3 is 55.1 Å². The van der Waals surface area contributed by atoms with Crippen LogP contribution in [0.3, 0.4) is 0 Å². The third kappa shape index (κ3) is 3.23. The molecular formula is C12H22O11. The first-order valence-corrected chi connectivity index (χ1v) is 7.05. The molecule has 0 aromatic carbocycles. The molecule has 8 N–H and O–H groups in total. The van der Waals surface area contributed by atoms with Crippen LogP contribution >= 0.6 is 0 Å². The van der Waals surface area contributed by atoms with Crippen molar-refractivity contribution in [3.63, 3.8) is 0 Å². The Morgan fingerprint density at radius 3 is 1.87 bits per heavy atom. The minimum atomic E-state index is -2.22. The van der Waals surface area contributed by atoms with Gasteiger partial charge in [0.25, 0.3) is 0 Å². The van der Waals surface area contributed by atoms with Gasteiger partial charge in [0.15, 0.2) is 6.29 Å². The lowest BCUT2D eigenvalue weighted by Crippen LogP contribution is -2.62. The van der Waals surface area contributed by atoms with Crippen molar-refractivity contribution in [3.8, 4) is 0 Å². The molecule has 2 fully saturated rings. The van der Waals surface area contributed by atoms with Crippen LogP contribution in [-0.2, 0) is 14.2 Å². The molecule has 11 heteroatoms. The molecule has 2 saturated heterocycles. The second-order valence-corrected chi connectivity index (χ2v) is 5.56. The zero-order valence-electron chi connectivity index (χ0n) is 12.0. The van der Waals surface area contributed by atoms with Gasteiger partial charge in [-0.15, -0.1) is 0 Å². The van der Waals surface area contributed by atoms with Crippen molar-refractivity contribution in [2.45, 2.75) is 54.8 Å². The lowest BCUT2D eigenvalue weighted by Gasteiger charge is -2.43. The number of ether oxygens (including phenoxy) is 3. The van der Waals surface area contributed by atoms with Crippen molar-refractivity contribution in [2.24, 2.45) is 0 Å². The molecule has 0 radical (unpaired) electrons. The molecule has 2 aliphatic rings. The topological polar surface area (TPSA) is 190 Å². The highest BCUT2D eigenvalue weighted by Crippen LogP contribution is 2.35. The lowest BCUT2D eigenvalue weighted by molar-refractivity contribution is -0.383. The van der Waals surface area contributed by atoms with E-state index in [0.717, 1.165) is 0 Å². The van der Waals surface area contributed by atoms with E-state index in [9.17, 15) is 30.6 Å². The molecule has 11 nitrogen and oxygen atoms in total. The molecule has 2 aliphatic heterocycles. The van der Waals surface area contributed by atoms with E-state index in [1.165, 1.54) is 0 Å². The van der Waals surface area contributed by atoms with Crippen LogP contribution in [0.2, 0.25) is 0 Å². The maximum atomic E-state index is 10.00. The predicted molar refractivity (Wildman–Crippen MR) is 68.6 cm³/mol. The summed E-state index contributed by atoms with van der Waals surface area (Å²) in [5.74, 6) is -2.22. The summed E-state index contributed by atoms with van der Waals surface area (Å²) < 4.78 is 15.4. The Labute approximate surface area is 130 Å². The average Bonchev–Trinajstić information content (AvgIpc) is 2.80. The van der Waals surface area contributed by atoms with Gasteiger partial charge in [0.2, 0.25) is 5.79 Å². The number of rotatable bonds is 5. The van der Waals surface area contributed by atoms with E-state index >= 15 is 0 Å². The fourth-order valence-corrected chi connectivity index (χ4v) is 2.63. The van der Waals surface area contributed by atoms with Crippen molar-refractivity contribution in [2.75, 3.05) is 19.8 Å². The highest BCUT2D eigenvalue weighted by atomic mass is 16.8. The number of aliphatic hydroxyl groups excluding tert-OH is 8. The Bertz CT molecular complexity index is 393. The molecule has 2 heterocycles. The summed E-state index contributed by atoms with van der Waals surface area (Å²) in [6.07, 6.45) is -12.7. The molecular weight excluding hydrogens is 320 g/mol. The van der Waals surface area contributed by atoms with E-state index in [-0.39, 0.29) is 0 Å². The van der Waals surface area contributed by atoms with Crippen LogP contribution in [0.4, 0.5) is 0 Å². The van der Waals surface area contributed by atoms with E-state index < -0.39 is 74.6 Å². The fourth-order valence-electron chi connectivity index (χ4n) is 2.63. The van der Waals surface area contributed by atoms with E-state index in [4.69, 9.17) is 24.4 Å². The molecule has 0 aliphatic carbocycles.